The predicted octanol–water partition coefficient (Wildman–Crippen LogP) is 1.87. The molecule has 0 radical (unpaired) electrons. The van der Waals surface area contributed by atoms with E-state index in [9.17, 15) is 14.4 Å². The topological polar surface area (TPSA) is 75.7 Å². The Morgan fingerprint density at radius 1 is 1.12 bits per heavy atom. The molecule has 6 nitrogen and oxygen atoms in total. The smallest absolute Gasteiger partial charge is 0.247 e. The molecule has 1 fully saturated rings. The third-order valence-electron chi connectivity index (χ3n) is 3.82. The van der Waals surface area contributed by atoms with Crippen LogP contribution in [0, 0.1) is 5.92 Å². The van der Waals surface area contributed by atoms with Crippen molar-refractivity contribution >= 4 is 29.0 Å². The molecule has 1 aliphatic rings. The van der Waals surface area contributed by atoms with Crippen molar-refractivity contribution < 1.29 is 19.1 Å². The minimum absolute atomic E-state index is 0.0982. The van der Waals surface area contributed by atoms with Crippen molar-refractivity contribution in [2.75, 3.05) is 23.9 Å². The van der Waals surface area contributed by atoms with Crippen LogP contribution < -0.4 is 15.0 Å². The molecule has 6 heteroatoms. The fourth-order valence-electron chi connectivity index (χ4n) is 2.62. The van der Waals surface area contributed by atoms with E-state index >= 15 is 0 Å². The minimum Gasteiger partial charge on any atom is -0.497 e. The van der Waals surface area contributed by atoms with E-state index in [0.29, 0.717) is 17.1 Å². The quantitative estimate of drug-likeness (QED) is 0.871. The molecule has 122 valence electrons. The molecule has 3 rings (SSSR count). The molecule has 1 heterocycles. The Balaban J connectivity index is 1.77. The van der Waals surface area contributed by atoms with E-state index in [4.69, 9.17) is 4.74 Å². The number of ether oxygens (including phenoxy) is 1. The van der Waals surface area contributed by atoms with Gasteiger partial charge in [-0.25, -0.2) is 0 Å². The van der Waals surface area contributed by atoms with Crippen LogP contribution in [-0.2, 0) is 14.4 Å². The summed E-state index contributed by atoms with van der Waals surface area (Å²) in [6.45, 7) is -0.0982. The molecule has 1 N–H and O–H groups in total. The third-order valence-corrected chi connectivity index (χ3v) is 3.82. The number of anilines is 2. The molecule has 0 saturated carbocycles. The third kappa shape index (κ3) is 2.99. The van der Waals surface area contributed by atoms with Gasteiger partial charge in [0.15, 0.2) is 11.7 Å². The Labute approximate surface area is 139 Å². The number of amides is 2. The van der Waals surface area contributed by atoms with E-state index in [1.807, 2.05) is 6.07 Å². The van der Waals surface area contributed by atoms with E-state index in [0.717, 1.165) is 0 Å². The first-order valence-corrected chi connectivity index (χ1v) is 7.44. The molecule has 1 saturated heterocycles. The zero-order chi connectivity index (χ0) is 17.1. The normalized spacial score (nSPS) is 17.0. The fraction of sp³-hybridized carbons (Fsp3) is 0.167. The molecular formula is C18H16N2O4. The van der Waals surface area contributed by atoms with Crippen molar-refractivity contribution in [1.29, 1.82) is 0 Å². The van der Waals surface area contributed by atoms with Gasteiger partial charge < -0.3 is 15.0 Å². The van der Waals surface area contributed by atoms with Crippen molar-refractivity contribution in [3.8, 4) is 5.75 Å². The lowest BCUT2D eigenvalue weighted by Gasteiger charge is -2.15. The average molecular weight is 324 g/mol. The number of Topliss-reactive ketones (excluding diaryl/α,β-unsaturated/α-hetero) is 1. The van der Waals surface area contributed by atoms with Crippen LogP contribution >= 0.6 is 0 Å². The monoisotopic (exact) mass is 324 g/mol. The Hall–Kier alpha value is -3.15. The molecule has 2 aromatic rings. The van der Waals surface area contributed by atoms with Crippen LogP contribution in [0.4, 0.5) is 11.4 Å². The second-order valence-electron chi connectivity index (χ2n) is 5.38. The van der Waals surface area contributed by atoms with Gasteiger partial charge in [0.25, 0.3) is 0 Å². The van der Waals surface area contributed by atoms with Crippen LogP contribution in [0.5, 0.6) is 5.75 Å². The summed E-state index contributed by atoms with van der Waals surface area (Å²) in [5.74, 6) is -2.30. The highest BCUT2D eigenvalue weighted by molar-refractivity contribution is 6.30. The van der Waals surface area contributed by atoms with E-state index < -0.39 is 23.5 Å². The van der Waals surface area contributed by atoms with E-state index in [1.54, 1.807) is 48.5 Å². The van der Waals surface area contributed by atoms with Gasteiger partial charge in [-0.3, -0.25) is 14.4 Å². The lowest BCUT2D eigenvalue weighted by Crippen LogP contribution is -2.34. The Morgan fingerprint density at radius 3 is 2.58 bits per heavy atom. The highest BCUT2D eigenvalue weighted by atomic mass is 16.5. The number of benzene rings is 2. The van der Waals surface area contributed by atoms with Crippen LogP contribution in [0.1, 0.15) is 0 Å². The minimum atomic E-state index is -1.32. The Bertz CT molecular complexity index is 789. The van der Waals surface area contributed by atoms with Gasteiger partial charge in [0.1, 0.15) is 5.75 Å². The van der Waals surface area contributed by atoms with Crippen LogP contribution in [0.2, 0.25) is 0 Å². The van der Waals surface area contributed by atoms with Crippen LogP contribution in [0.25, 0.3) is 0 Å². The predicted molar refractivity (Wildman–Crippen MR) is 88.9 cm³/mol. The molecule has 2 aromatic carbocycles. The van der Waals surface area contributed by atoms with Gasteiger partial charge >= 0.3 is 0 Å². The maximum absolute atomic E-state index is 12.5. The standard InChI is InChI=1S/C18H16N2O4/c1-24-14-9-5-6-12(10-14)19-17(22)16-15(21)11-20(18(16)23)13-7-3-2-4-8-13/h2-10,16H,11H2,1H3,(H,19,22). The summed E-state index contributed by atoms with van der Waals surface area (Å²) in [5, 5.41) is 2.60. The summed E-state index contributed by atoms with van der Waals surface area (Å²) in [7, 11) is 1.52. The number of nitrogens with one attached hydrogen (secondary N) is 1. The van der Waals surface area contributed by atoms with Crippen molar-refractivity contribution in [1.82, 2.24) is 0 Å². The second kappa shape index (κ2) is 6.54. The maximum Gasteiger partial charge on any atom is 0.247 e. The Kier molecular flexibility index (Phi) is 4.29. The molecule has 1 atom stereocenters. The highest BCUT2D eigenvalue weighted by Gasteiger charge is 2.44. The molecule has 0 aliphatic carbocycles. The van der Waals surface area contributed by atoms with Gasteiger partial charge in [0.2, 0.25) is 11.8 Å². The first kappa shape index (κ1) is 15.7. The molecule has 0 bridgehead atoms. The number of carbonyl (C=O) groups is 3. The molecule has 2 amide bonds. The van der Waals surface area contributed by atoms with Crippen molar-refractivity contribution in [3.05, 3.63) is 54.6 Å². The number of nitrogens with zero attached hydrogens (tertiary/aromatic N) is 1. The number of hydrogen-bond donors (Lipinski definition) is 1. The number of rotatable bonds is 4. The van der Waals surface area contributed by atoms with Crippen molar-refractivity contribution in [3.63, 3.8) is 0 Å². The molecule has 0 aromatic heterocycles. The van der Waals surface area contributed by atoms with Crippen molar-refractivity contribution in [2.45, 2.75) is 0 Å². The van der Waals surface area contributed by atoms with Gasteiger partial charge in [-0.15, -0.1) is 0 Å². The fourth-order valence-corrected chi connectivity index (χ4v) is 2.62. The SMILES string of the molecule is COc1cccc(NC(=O)C2C(=O)CN(c3ccccc3)C2=O)c1. The largest absolute Gasteiger partial charge is 0.497 e. The van der Waals surface area contributed by atoms with Crippen molar-refractivity contribution in [2.24, 2.45) is 5.92 Å². The van der Waals surface area contributed by atoms with Gasteiger partial charge in [0, 0.05) is 17.4 Å². The summed E-state index contributed by atoms with van der Waals surface area (Å²) in [5.41, 5.74) is 1.07. The van der Waals surface area contributed by atoms with Crippen LogP contribution in [0.3, 0.4) is 0 Å². The average Bonchev–Trinajstić information content (AvgIpc) is 2.90. The zero-order valence-corrected chi connectivity index (χ0v) is 13.1. The number of para-hydroxylation sites is 1. The number of methoxy groups -OCH3 is 1. The summed E-state index contributed by atoms with van der Waals surface area (Å²) in [6, 6.07) is 15.6. The summed E-state index contributed by atoms with van der Waals surface area (Å²) >= 11 is 0. The van der Waals surface area contributed by atoms with Gasteiger partial charge in [0.05, 0.1) is 13.7 Å². The van der Waals surface area contributed by atoms with Crippen LogP contribution in [0.15, 0.2) is 54.6 Å². The Morgan fingerprint density at radius 2 is 1.88 bits per heavy atom. The maximum atomic E-state index is 12.5. The number of hydrogen-bond acceptors (Lipinski definition) is 4. The van der Waals surface area contributed by atoms with E-state index in [-0.39, 0.29) is 6.54 Å². The number of carbonyl (C=O) groups excluding carboxylic acids is 3. The molecule has 1 unspecified atom stereocenters. The first-order valence-electron chi connectivity index (χ1n) is 7.44. The van der Waals surface area contributed by atoms with Gasteiger partial charge in [-0.2, -0.15) is 0 Å². The molecule has 0 spiro atoms. The first-order chi connectivity index (χ1) is 11.6. The molecule has 1 aliphatic heterocycles. The van der Waals surface area contributed by atoms with Gasteiger partial charge in [-0.1, -0.05) is 24.3 Å². The van der Waals surface area contributed by atoms with E-state index in [2.05, 4.69) is 5.32 Å². The lowest BCUT2D eigenvalue weighted by atomic mass is 10.1. The van der Waals surface area contributed by atoms with E-state index in [1.165, 1.54) is 12.0 Å². The van der Waals surface area contributed by atoms with Gasteiger partial charge in [-0.05, 0) is 24.3 Å². The summed E-state index contributed by atoms with van der Waals surface area (Å²) in [6.07, 6.45) is 0. The summed E-state index contributed by atoms with van der Waals surface area (Å²) in [4.78, 5) is 38.4. The second-order valence-corrected chi connectivity index (χ2v) is 5.38. The summed E-state index contributed by atoms with van der Waals surface area (Å²) < 4.78 is 5.09. The molecule has 24 heavy (non-hydrogen) atoms. The molecular weight excluding hydrogens is 308 g/mol. The number of ketones is 1. The highest BCUT2D eigenvalue weighted by Crippen LogP contribution is 2.24. The zero-order valence-electron chi connectivity index (χ0n) is 13.1. The lowest BCUT2D eigenvalue weighted by molar-refractivity contribution is -0.134. The van der Waals surface area contributed by atoms with Crippen LogP contribution in [-0.4, -0.2) is 31.3 Å².